The van der Waals surface area contributed by atoms with Crippen LogP contribution >= 0.6 is 0 Å². The minimum atomic E-state index is 0.182. The van der Waals surface area contributed by atoms with Gasteiger partial charge in [-0.25, -0.2) is 0 Å². The van der Waals surface area contributed by atoms with E-state index in [4.69, 9.17) is 4.74 Å². The molecule has 0 bridgehead atoms. The summed E-state index contributed by atoms with van der Waals surface area (Å²) in [6.45, 7) is 9.13. The van der Waals surface area contributed by atoms with Crippen LogP contribution in [0.3, 0.4) is 0 Å². The second-order valence-electron chi connectivity index (χ2n) is 7.28. The third-order valence-corrected chi connectivity index (χ3v) is 5.95. The number of hydrogen-bond donors (Lipinski definition) is 0. The molecule has 1 heterocycles. The number of nitrogens with zero attached hydrogens (tertiary/aromatic N) is 1. The zero-order valence-corrected chi connectivity index (χ0v) is 14.7. The topological polar surface area (TPSA) is 12.5 Å². The summed E-state index contributed by atoms with van der Waals surface area (Å²) in [5.41, 5.74) is 5.98. The fourth-order valence-electron chi connectivity index (χ4n) is 4.56. The highest BCUT2D eigenvalue weighted by molar-refractivity contribution is 5.55. The van der Waals surface area contributed by atoms with Gasteiger partial charge >= 0.3 is 0 Å². The SMILES string of the molecule is COc1cc(C)c2c(c1C)[C@@]1(C=CCC[C@@H]1C)CCN(C)C2. The molecule has 0 fully saturated rings. The average molecular weight is 299 g/mol. The molecule has 1 aliphatic heterocycles. The minimum Gasteiger partial charge on any atom is -0.496 e. The fourth-order valence-corrected chi connectivity index (χ4v) is 4.56. The lowest BCUT2D eigenvalue weighted by Crippen LogP contribution is -2.36. The highest BCUT2D eigenvalue weighted by Gasteiger charge is 2.42. The molecular weight excluding hydrogens is 270 g/mol. The molecule has 1 spiro atoms. The molecule has 0 N–H and O–H groups in total. The Hall–Kier alpha value is -1.28. The van der Waals surface area contributed by atoms with E-state index in [2.05, 4.69) is 50.9 Å². The van der Waals surface area contributed by atoms with Gasteiger partial charge in [0.1, 0.15) is 5.75 Å². The van der Waals surface area contributed by atoms with Crippen molar-refractivity contribution in [2.24, 2.45) is 5.92 Å². The van der Waals surface area contributed by atoms with E-state index in [0.717, 1.165) is 18.8 Å². The van der Waals surface area contributed by atoms with Gasteiger partial charge < -0.3 is 9.64 Å². The molecule has 0 radical (unpaired) electrons. The lowest BCUT2D eigenvalue weighted by atomic mass is 9.62. The van der Waals surface area contributed by atoms with Gasteiger partial charge in [-0.2, -0.15) is 0 Å². The van der Waals surface area contributed by atoms with Crippen molar-refractivity contribution in [3.63, 3.8) is 0 Å². The predicted octanol–water partition coefficient (Wildman–Crippen LogP) is 4.37. The van der Waals surface area contributed by atoms with Crippen LogP contribution in [0.15, 0.2) is 18.2 Å². The van der Waals surface area contributed by atoms with Crippen molar-refractivity contribution >= 4 is 0 Å². The molecule has 0 unspecified atom stereocenters. The van der Waals surface area contributed by atoms with Gasteiger partial charge in [-0.3, -0.25) is 0 Å². The van der Waals surface area contributed by atoms with Crippen LogP contribution in [0.25, 0.3) is 0 Å². The summed E-state index contributed by atoms with van der Waals surface area (Å²) in [5, 5.41) is 0. The molecule has 2 nitrogen and oxygen atoms in total. The second kappa shape index (κ2) is 5.73. The van der Waals surface area contributed by atoms with Crippen LogP contribution in [-0.4, -0.2) is 25.6 Å². The van der Waals surface area contributed by atoms with Crippen molar-refractivity contribution in [3.05, 3.63) is 40.5 Å². The summed E-state index contributed by atoms with van der Waals surface area (Å²) in [6, 6.07) is 2.22. The molecule has 0 saturated carbocycles. The van der Waals surface area contributed by atoms with E-state index >= 15 is 0 Å². The van der Waals surface area contributed by atoms with Crippen LogP contribution in [0.2, 0.25) is 0 Å². The highest BCUT2D eigenvalue weighted by atomic mass is 16.5. The lowest BCUT2D eigenvalue weighted by Gasteiger charge is -2.41. The standard InChI is InChI=1S/C20H29NO/c1-14-12-18(22-5)16(3)19-17(14)13-21(4)11-10-20(19)9-7-6-8-15(20)2/h7,9,12,15H,6,8,10-11,13H2,1-5H3/t15-,20-/m0/s1. The summed E-state index contributed by atoms with van der Waals surface area (Å²) in [6.07, 6.45) is 8.64. The monoisotopic (exact) mass is 299 g/mol. The van der Waals surface area contributed by atoms with Gasteiger partial charge in [0, 0.05) is 12.0 Å². The first kappa shape index (κ1) is 15.6. The van der Waals surface area contributed by atoms with Crippen LogP contribution in [0.4, 0.5) is 0 Å². The van der Waals surface area contributed by atoms with E-state index in [1.165, 1.54) is 36.0 Å². The molecule has 0 amide bonds. The molecule has 2 aliphatic rings. The van der Waals surface area contributed by atoms with Gasteiger partial charge in [0.15, 0.2) is 0 Å². The first-order valence-corrected chi connectivity index (χ1v) is 8.53. The second-order valence-corrected chi connectivity index (χ2v) is 7.28. The third kappa shape index (κ3) is 2.28. The maximum absolute atomic E-state index is 5.69. The van der Waals surface area contributed by atoms with Crippen molar-refractivity contribution in [2.75, 3.05) is 20.7 Å². The first-order valence-electron chi connectivity index (χ1n) is 8.53. The quantitative estimate of drug-likeness (QED) is 0.714. The smallest absolute Gasteiger partial charge is 0.122 e. The number of aryl methyl sites for hydroxylation is 1. The van der Waals surface area contributed by atoms with Gasteiger partial charge in [-0.15, -0.1) is 0 Å². The molecule has 2 heteroatoms. The molecule has 0 aromatic heterocycles. The summed E-state index contributed by atoms with van der Waals surface area (Å²) >= 11 is 0. The minimum absolute atomic E-state index is 0.182. The van der Waals surface area contributed by atoms with Gasteiger partial charge in [-0.1, -0.05) is 19.1 Å². The number of allylic oxidation sites excluding steroid dienone is 2. The first-order chi connectivity index (χ1) is 10.5. The number of fused-ring (bicyclic) bond motifs is 2. The van der Waals surface area contributed by atoms with E-state index in [9.17, 15) is 0 Å². The predicted molar refractivity (Wildman–Crippen MR) is 92.6 cm³/mol. The van der Waals surface area contributed by atoms with Gasteiger partial charge in [0.2, 0.25) is 0 Å². The Kier molecular flexibility index (Phi) is 4.07. The lowest BCUT2D eigenvalue weighted by molar-refractivity contribution is 0.260. The molecule has 2 atom stereocenters. The van der Waals surface area contributed by atoms with Crippen LogP contribution in [0.5, 0.6) is 5.75 Å². The maximum atomic E-state index is 5.69. The fraction of sp³-hybridized carbons (Fsp3) is 0.600. The van der Waals surface area contributed by atoms with Crippen molar-refractivity contribution in [1.82, 2.24) is 4.90 Å². The number of hydrogen-bond acceptors (Lipinski definition) is 2. The molecule has 120 valence electrons. The maximum Gasteiger partial charge on any atom is 0.122 e. The normalized spacial score (nSPS) is 28.5. The molecular formula is C20H29NO. The molecule has 1 aromatic carbocycles. The number of rotatable bonds is 1. The summed E-state index contributed by atoms with van der Waals surface area (Å²) in [5.74, 6) is 1.74. The van der Waals surface area contributed by atoms with E-state index < -0.39 is 0 Å². The Labute approximate surface area is 135 Å². The van der Waals surface area contributed by atoms with E-state index in [-0.39, 0.29) is 5.41 Å². The molecule has 0 saturated heterocycles. The number of ether oxygens (including phenoxy) is 1. The highest BCUT2D eigenvalue weighted by Crippen LogP contribution is 2.49. The number of methoxy groups -OCH3 is 1. The Morgan fingerprint density at radius 1 is 1.32 bits per heavy atom. The zero-order chi connectivity index (χ0) is 15.9. The third-order valence-electron chi connectivity index (χ3n) is 5.95. The van der Waals surface area contributed by atoms with Crippen LogP contribution < -0.4 is 4.74 Å². The van der Waals surface area contributed by atoms with Crippen molar-refractivity contribution in [3.8, 4) is 5.75 Å². The summed E-state index contributed by atoms with van der Waals surface area (Å²) < 4.78 is 5.69. The Morgan fingerprint density at radius 3 is 2.77 bits per heavy atom. The zero-order valence-electron chi connectivity index (χ0n) is 14.7. The molecule has 1 aliphatic carbocycles. The van der Waals surface area contributed by atoms with Crippen LogP contribution in [-0.2, 0) is 12.0 Å². The van der Waals surface area contributed by atoms with Gasteiger partial charge in [0.05, 0.1) is 7.11 Å². The summed E-state index contributed by atoms with van der Waals surface area (Å²) in [7, 11) is 4.04. The number of benzene rings is 1. The van der Waals surface area contributed by atoms with Crippen molar-refractivity contribution < 1.29 is 4.74 Å². The molecule has 1 aromatic rings. The van der Waals surface area contributed by atoms with Crippen LogP contribution in [0, 0.1) is 19.8 Å². The van der Waals surface area contributed by atoms with E-state index in [1.807, 2.05) is 0 Å². The molecule has 22 heavy (non-hydrogen) atoms. The van der Waals surface area contributed by atoms with E-state index in [1.54, 1.807) is 12.7 Å². The summed E-state index contributed by atoms with van der Waals surface area (Å²) in [4.78, 5) is 2.47. The van der Waals surface area contributed by atoms with Gasteiger partial charge in [0.25, 0.3) is 0 Å². The van der Waals surface area contributed by atoms with Gasteiger partial charge in [-0.05, 0) is 80.9 Å². The van der Waals surface area contributed by atoms with Crippen LogP contribution in [0.1, 0.15) is 48.4 Å². The Balaban J connectivity index is 2.31. The Bertz CT molecular complexity index is 604. The average Bonchev–Trinajstić information content (AvgIpc) is 2.65. The Morgan fingerprint density at radius 2 is 2.09 bits per heavy atom. The van der Waals surface area contributed by atoms with Crippen molar-refractivity contribution in [1.29, 1.82) is 0 Å². The van der Waals surface area contributed by atoms with Crippen molar-refractivity contribution in [2.45, 2.75) is 52.0 Å². The largest absolute Gasteiger partial charge is 0.496 e. The molecule has 3 rings (SSSR count). The van der Waals surface area contributed by atoms with E-state index in [0.29, 0.717) is 5.92 Å².